The molecule has 0 radical (unpaired) electrons. The van der Waals surface area contributed by atoms with Crippen molar-refractivity contribution < 1.29 is 9.52 Å². The second-order valence-corrected chi connectivity index (χ2v) is 5.13. The molecule has 1 aliphatic rings. The Hall–Kier alpha value is -1.43. The van der Waals surface area contributed by atoms with Crippen LogP contribution in [-0.4, -0.2) is 39.4 Å². The van der Waals surface area contributed by atoms with Crippen molar-refractivity contribution in [1.82, 2.24) is 15.1 Å². The number of β-amino-alcohol motifs (C(OH)–C–C–N with tert-alkyl or cyclic N) is 1. The molecule has 0 spiro atoms. The fraction of sp³-hybridized carbons (Fsp3) is 0.385. The van der Waals surface area contributed by atoms with Crippen molar-refractivity contribution in [2.24, 2.45) is 0 Å². The van der Waals surface area contributed by atoms with Crippen molar-refractivity contribution >= 4 is 11.6 Å². The highest BCUT2D eigenvalue weighted by Gasteiger charge is 2.22. The third-order valence-electron chi connectivity index (χ3n) is 3.14. The zero-order valence-corrected chi connectivity index (χ0v) is 11.0. The van der Waals surface area contributed by atoms with E-state index in [4.69, 9.17) is 16.0 Å². The van der Waals surface area contributed by atoms with Crippen LogP contribution in [0.4, 0.5) is 0 Å². The molecule has 0 saturated carbocycles. The molecule has 1 aromatic heterocycles. The van der Waals surface area contributed by atoms with E-state index < -0.39 is 0 Å². The summed E-state index contributed by atoms with van der Waals surface area (Å²) in [5.41, 5.74) is 0.813. The SMILES string of the molecule is O[C@H]1CCN(Cc2nnc(-c3cccc(Cl)c3)o2)C1. The Balaban J connectivity index is 1.73. The molecule has 1 fully saturated rings. The summed E-state index contributed by atoms with van der Waals surface area (Å²) in [6.45, 7) is 2.09. The zero-order chi connectivity index (χ0) is 13.2. The van der Waals surface area contributed by atoms with E-state index in [1.54, 1.807) is 12.1 Å². The Morgan fingerprint density at radius 2 is 2.32 bits per heavy atom. The van der Waals surface area contributed by atoms with Crippen molar-refractivity contribution in [2.75, 3.05) is 13.1 Å². The van der Waals surface area contributed by atoms with Gasteiger partial charge in [-0.2, -0.15) is 0 Å². The summed E-state index contributed by atoms with van der Waals surface area (Å²) in [5.74, 6) is 1.03. The summed E-state index contributed by atoms with van der Waals surface area (Å²) in [5, 5.41) is 18.2. The van der Waals surface area contributed by atoms with Gasteiger partial charge in [-0.15, -0.1) is 10.2 Å². The number of hydrogen-bond acceptors (Lipinski definition) is 5. The van der Waals surface area contributed by atoms with Gasteiger partial charge in [0, 0.05) is 23.7 Å². The Morgan fingerprint density at radius 3 is 3.05 bits per heavy atom. The minimum Gasteiger partial charge on any atom is -0.419 e. The van der Waals surface area contributed by atoms with E-state index in [9.17, 15) is 5.11 Å². The molecule has 0 aliphatic carbocycles. The highest BCUT2D eigenvalue weighted by Crippen LogP contribution is 2.22. The van der Waals surface area contributed by atoms with Gasteiger partial charge in [-0.05, 0) is 24.6 Å². The second kappa shape index (κ2) is 5.28. The molecule has 2 heterocycles. The molecule has 1 aromatic carbocycles. The first-order chi connectivity index (χ1) is 9.20. The molecule has 1 saturated heterocycles. The third-order valence-corrected chi connectivity index (χ3v) is 3.38. The molecule has 0 unspecified atom stereocenters. The third kappa shape index (κ3) is 2.94. The molecular formula is C13H14ClN3O2. The predicted molar refractivity (Wildman–Crippen MR) is 70.6 cm³/mol. The van der Waals surface area contributed by atoms with E-state index >= 15 is 0 Å². The Labute approximate surface area is 115 Å². The summed E-state index contributed by atoms with van der Waals surface area (Å²) < 4.78 is 5.62. The molecule has 6 heteroatoms. The van der Waals surface area contributed by atoms with Gasteiger partial charge in [0.2, 0.25) is 11.8 Å². The predicted octanol–water partition coefficient (Wildman–Crippen LogP) is 1.96. The highest BCUT2D eigenvalue weighted by atomic mass is 35.5. The number of halogens is 1. The van der Waals surface area contributed by atoms with E-state index in [0.717, 1.165) is 18.5 Å². The molecule has 0 amide bonds. The standard InChI is InChI=1S/C13H14ClN3O2/c14-10-3-1-2-9(6-10)13-16-15-12(19-13)8-17-5-4-11(18)7-17/h1-3,6,11,18H,4-5,7-8H2/t11-/m0/s1. The maximum Gasteiger partial charge on any atom is 0.247 e. The van der Waals surface area contributed by atoms with Crippen LogP contribution in [-0.2, 0) is 6.54 Å². The van der Waals surface area contributed by atoms with Crippen LogP contribution in [0.25, 0.3) is 11.5 Å². The first-order valence-corrected chi connectivity index (χ1v) is 6.57. The first kappa shape index (κ1) is 12.6. The maximum atomic E-state index is 9.47. The lowest BCUT2D eigenvalue weighted by molar-refractivity contribution is 0.171. The van der Waals surface area contributed by atoms with E-state index in [2.05, 4.69) is 15.1 Å². The summed E-state index contributed by atoms with van der Waals surface area (Å²) in [4.78, 5) is 2.10. The number of likely N-dealkylation sites (tertiary alicyclic amines) is 1. The van der Waals surface area contributed by atoms with Gasteiger partial charge in [-0.3, -0.25) is 4.90 Å². The van der Waals surface area contributed by atoms with Crippen LogP contribution in [0.15, 0.2) is 28.7 Å². The fourth-order valence-corrected chi connectivity index (χ4v) is 2.39. The van der Waals surface area contributed by atoms with E-state index in [1.807, 2.05) is 12.1 Å². The highest BCUT2D eigenvalue weighted by molar-refractivity contribution is 6.30. The number of hydrogen-bond donors (Lipinski definition) is 1. The lowest BCUT2D eigenvalue weighted by Crippen LogP contribution is -2.21. The number of aliphatic hydroxyl groups is 1. The number of aliphatic hydroxyl groups excluding tert-OH is 1. The van der Waals surface area contributed by atoms with Gasteiger partial charge in [0.15, 0.2) is 0 Å². The van der Waals surface area contributed by atoms with Crippen LogP contribution >= 0.6 is 11.6 Å². The molecule has 5 nitrogen and oxygen atoms in total. The monoisotopic (exact) mass is 279 g/mol. The number of nitrogens with zero attached hydrogens (tertiary/aromatic N) is 3. The molecule has 3 rings (SSSR count). The maximum absolute atomic E-state index is 9.47. The number of rotatable bonds is 3. The van der Waals surface area contributed by atoms with Crippen LogP contribution in [0.3, 0.4) is 0 Å². The fourth-order valence-electron chi connectivity index (χ4n) is 2.20. The minimum atomic E-state index is -0.240. The number of aromatic nitrogens is 2. The van der Waals surface area contributed by atoms with Crippen LogP contribution in [0.5, 0.6) is 0 Å². The van der Waals surface area contributed by atoms with Crippen LogP contribution < -0.4 is 0 Å². The average Bonchev–Trinajstić information content (AvgIpc) is 2.99. The van der Waals surface area contributed by atoms with Crippen molar-refractivity contribution in [3.63, 3.8) is 0 Å². The minimum absolute atomic E-state index is 0.240. The molecule has 1 N–H and O–H groups in total. The quantitative estimate of drug-likeness (QED) is 0.930. The van der Waals surface area contributed by atoms with Crippen LogP contribution in [0.2, 0.25) is 5.02 Å². The lowest BCUT2D eigenvalue weighted by Gasteiger charge is -2.10. The number of benzene rings is 1. The van der Waals surface area contributed by atoms with Gasteiger partial charge >= 0.3 is 0 Å². The van der Waals surface area contributed by atoms with E-state index in [1.165, 1.54) is 0 Å². The van der Waals surface area contributed by atoms with Crippen molar-refractivity contribution in [1.29, 1.82) is 0 Å². The molecule has 0 bridgehead atoms. The van der Waals surface area contributed by atoms with Gasteiger partial charge < -0.3 is 9.52 Å². The van der Waals surface area contributed by atoms with Gasteiger partial charge in [0.1, 0.15) is 0 Å². The largest absolute Gasteiger partial charge is 0.419 e. The van der Waals surface area contributed by atoms with Crippen LogP contribution in [0.1, 0.15) is 12.3 Å². The van der Waals surface area contributed by atoms with E-state index in [-0.39, 0.29) is 6.10 Å². The van der Waals surface area contributed by atoms with Crippen LogP contribution in [0, 0.1) is 0 Å². The molecule has 19 heavy (non-hydrogen) atoms. The van der Waals surface area contributed by atoms with Crippen molar-refractivity contribution in [3.05, 3.63) is 35.2 Å². The Morgan fingerprint density at radius 1 is 1.42 bits per heavy atom. The molecule has 100 valence electrons. The van der Waals surface area contributed by atoms with Crippen molar-refractivity contribution in [3.8, 4) is 11.5 Å². The summed E-state index contributed by atoms with van der Waals surface area (Å²) >= 11 is 5.93. The van der Waals surface area contributed by atoms with Gasteiger partial charge in [0.05, 0.1) is 12.6 Å². The smallest absolute Gasteiger partial charge is 0.247 e. The molecule has 1 aliphatic heterocycles. The zero-order valence-electron chi connectivity index (χ0n) is 10.3. The van der Waals surface area contributed by atoms with Gasteiger partial charge in [-0.1, -0.05) is 17.7 Å². The average molecular weight is 280 g/mol. The summed E-state index contributed by atoms with van der Waals surface area (Å²) in [6, 6.07) is 7.31. The van der Waals surface area contributed by atoms with E-state index in [0.29, 0.717) is 29.9 Å². The van der Waals surface area contributed by atoms with Gasteiger partial charge in [0.25, 0.3) is 0 Å². The summed E-state index contributed by atoms with van der Waals surface area (Å²) in [7, 11) is 0. The first-order valence-electron chi connectivity index (χ1n) is 6.19. The molecular weight excluding hydrogens is 266 g/mol. The second-order valence-electron chi connectivity index (χ2n) is 4.69. The summed E-state index contributed by atoms with van der Waals surface area (Å²) in [6.07, 6.45) is 0.560. The topological polar surface area (TPSA) is 62.4 Å². The molecule has 2 aromatic rings. The van der Waals surface area contributed by atoms with Crippen molar-refractivity contribution in [2.45, 2.75) is 19.1 Å². The lowest BCUT2D eigenvalue weighted by atomic mass is 10.2. The van der Waals surface area contributed by atoms with Gasteiger partial charge in [-0.25, -0.2) is 0 Å². The Kier molecular flexibility index (Phi) is 3.50. The molecule has 1 atom stereocenters. The Bertz CT molecular complexity index is 573. The normalized spacial score (nSPS) is 20.0.